The maximum atomic E-state index is 13.4. The normalized spacial score (nSPS) is 24.5. The summed E-state index contributed by atoms with van der Waals surface area (Å²) in [5, 5.41) is 18.2. The zero-order valence-electron chi connectivity index (χ0n) is 10.8. The molecule has 1 aliphatic rings. The predicted molar refractivity (Wildman–Crippen MR) is 69.8 cm³/mol. The van der Waals surface area contributed by atoms with Crippen LogP contribution in [0.4, 0.5) is 4.39 Å². The summed E-state index contributed by atoms with van der Waals surface area (Å²) < 4.78 is 13.4. The molecule has 1 aromatic carbocycles. The summed E-state index contributed by atoms with van der Waals surface area (Å²) in [6.07, 6.45) is 0. The molecule has 1 saturated heterocycles. The summed E-state index contributed by atoms with van der Waals surface area (Å²) in [6.45, 7) is 7.12. The van der Waals surface area contributed by atoms with E-state index < -0.39 is 12.9 Å². The average Bonchev–Trinajstić information content (AvgIpc) is 2.56. The highest BCUT2D eigenvalue weighted by atomic mass is 19.1. The highest BCUT2D eigenvalue weighted by Crippen LogP contribution is 2.23. The van der Waals surface area contributed by atoms with Gasteiger partial charge in [-0.25, -0.2) is 4.39 Å². The van der Waals surface area contributed by atoms with Crippen LogP contribution in [0.3, 0.4) is 0 Å². The lowest BCUT2D eigenvalue weighted by atomic mass is 9.79. The maximum absolute atomic E-state index is 13.4. The van der Waals surface area contributed by atoms with Crippen molar-refractivity contribution in [3.05, 3.63) is 29.6 Å². The van der Waals surface area contributed by atoms with Crippen molar-refractivity contribution in [1.82, 2.24) is 4.90 Å². The molecular weight excluding hydrogens is 232 g/mol. The average molecular weight is 251 g/mol. The second-order valence-corrected chi connectivity index (χ2v) is 5.42. The number of likely N-dealkylation sites (tertiary alicyclic amines) is 1. The summed E-state index contributed by atoms with van der Waals surface area (Å²) in [5.41, 5.74) is 1.00. The SMILES string of the molecule is CC1CN(Cc2cc(F)cc(B(O)O)c2)CC1C. The maximum Gasteiger partial charge on any atom is 0.488 e. The number of hydrogen-bond acceptors (Lipinski definition) is 3. The van der Waals surface area contributed by atoms with Crippen LogP contribution in [0.2, 0.25) is 0 Å². The van der Waals surface area contributed by atoms with Crippen molar-refractivity contribution in [2.75, 3.05) is 13.1 Å². The van der Waals surface area contributed by atoms with E-state index in [0.717, 1.165) is 24.7 Å². The Labute approximate surface area is 107 Å². The van der Waals surface area contributed by atoms with Crippen LogP contribution in [-0.2, 0) is 6.54 Å². The van der Waals surface area contributed by atoms with E-state index in [0.29, 0.717) is 18.4 Å². The largest absolute Gasteiger partial charge is 0.488 e. The van der Waals surface area contributed by atoms with Gasteiger partial charge in [-0.3, -0.25) is 4.90 Å². The molecule has 1 fully saturated rings. The first-order chi connectivity index (χ1) is 8.45. The molecule has 0 radical (unpaired) electrons. The molecule has 18 heavy (non-hydrogen) atoms. The van der Waals surface area contributed by atoms with Gasteiger partial charge < -0.3 is 10.0 Å². The van der Waals surface area contributed by atoms with Gasteiger partial charge in [-0.1, -0.05) is 19.9 Å². The second kappa shape index (κ2) is 5.39. The molecule has 1 heterocycles. The Morgan fingerprint density at radius 1 is 1.22 bits per heavy atom. The fourth-order valence-electron chi connectivity index (χ4n) is 2.55. The van der Waals surface area contributed by atoms with Gasteiger partial charge in [0, 0.05) is 19.6 Å². The van der Waals surface area contributed by atoms with Crippen LogP contribution >= 0.6 is 0 Å². The molecule has 0 saturated carbocycles. The summed E-state index contributed by atoms with van der Waals surface area (Å²) in [4.78, 5) is 2.28. The van der Waals surface area contributed by atoms with E-state index in [2.05, 4.69) is 18.7 Å². The fourth-order valence-corrected chi connectivity index (χ4v) is 2.55. The molecule has 0 bridgehead atoms. The minimum Gasteiger partial charge on any atom is -0.423 e. The highest BCUT2D eigenvalue weighted by molar-refractivity contribution is 6.58. The Balaban J connectivity index is 2.10. The Morgan fingerprint density at radius 2 is 1.83 bits per heavy atom. The Bertz CT molecular complexity index is 417. The topological polar surface area (TPSA) is 43.7 Å². The van der Waals surface area contributed by atoms with E-state index in [1.165, 1.54) is 6.07 Å². The third-order valence-corrected chi connectivity index (χ3v) is 3.75. The predicted octanol–water partition coefficient (Wildman–Crippen LogP) is 0.593. The summed E-state index contributed by atoms with van der Waals surface area (Å²) in [6, 6.07) is 4.27. The molecule has 0 aliphatic carbocycles. The highest BCUT2D eigenvalue weighted by Gasteiger charge is 2.26. The number of halogens is 1. The van der Waals surface area contributed by atoms with Gasteiger partial charge in [0.1, 0.15) is 5.82 Å². The zero-order valence-corrected chi connectivity index (χ0v) is 10.8. The molecule has 0 spiro atoms. The van der Waals surface area contributed by atoms with Gasteiger partial charge in [0.15, 0.2) is 0 Å². The van der Waals surface area contributed by atoms with Gasteiger partial charge in [0.2, 0.25) is 0 Å². The zero-order chi connectivity index (χ0) is 13.3. The van der Waals surface area contributed by atoms with Crippen LogP contribution in [0.1, 0.15) is 19.4 Å². The van der Waals surface area contributed by atoms with Crippen LogP contribution in [-0.4, -0.2) is 35.2 Å². The smallest absolute Gasteiger partial charge is 0.423 e. The molecule has 2 atom stereocenters. The monoisotopic (exact) mass is 251 g/mol. The first-order valence-electron chi connectivity index (χ1n) is 6.33. The van der Waals surface area contributed by atoms with E-state index in [1.807, 2.05) is 0 Å². The molecule has 2 N–H and O–H groups in total. The molecule has 3 nitrogen and oxygen atoms in total. The molecule has 0 aromatic heterocycles. The molecule has 0 amide bonds. The minimum absolute atomic E-state index is 0.213. The van der Waals surface area contributed by atoms with Crippen molar-refractivity contribution in [2.24, 2.45) is 11.8 Å². The summed E-state index contributed by atoms with van der Waals surface area (Å²) >= 11 is 0. The number of hydrogen-bond donors (Lipinski definition) is 2. The van der Waals surface area contributed by atoms with Crippen molar-refractivity contribution < 1.29 is 14.4 Å². The second-order valence-electron chi connectivity index (χ2n) is 5.42. The van der Waals surface area contributed by atoms with E-state index in [1.54, 1.807) is 6.07 Å². The van der Waals surface area contributed by atoms with Crippen molar-refractivity contribution >= 4 is 12.6 Å². The molecule has 2 unspecified atom stereocenters. The number of rotatable bonds is 3. The van der Waals surface area contributed by atoms with Gasteiger partial charge >= 0.3 is 7.12 Å². The molecule has 1 aliphatic heterocycles. The van der Waals surface area contributed by atoms with E-state index in [9.17, 15) is 4.39 Å². The third-order valence-electron chi connectivity index (χ3n) is 3.75. The van der Waals surface area contributed by atoms with Gasteiger partial charge in [-0.15, -0.1) is 0 Å². The first kappa shape index (κ1) is 13.5. The lowest BCUT2D eigenvalue weighted by molar-refractivity contribution is 0.315. The van der Waals surface area contributed by atoms with Crippen molar-refractivity contribution in [3.63, 3.8) is 0 Å². The van der Waals surface area contributed by atoms with Crippen LogP contribution in [0, 0.1) is 17.7 Å². The van der Waals surface area contributed by atoms with Gasteiger partial charge in [0.25, 0.3) is 0 Å². The Hall–Kier alpha value is -0.905. The number of nitrogens with zero attached hydrogens (tertiary/aromatic N) is 1. The van der Waals surface area contributed by atoms with Crippen molar-refractivity contribution in [1.29, 1.82) is 0 Å². The summed E-state index contributed by atoms with van der Waals surface area (Å²) in [5.74, 6) is 0.888. The molecular formula is C13H19BFNO2. The fraction of sp³-hybridized carbons (Fsp3) is 0.538. The van der Waals surface area contributed by atoms with Gasteiger partial charge in [-0.2, -0.15) is 0 Å². The standard InChI is InChI=1S/C13H19BFNO2/c1-9-6-16(7-10(9)2)8-11-3-12(14(17)18)5-13(15)4-11/h3-5,9-10,17-18H,6-8H2,1-2H3. The third kappa shape index (κ3) is 3.10. The summed E-state index contributed by atoms with van der Waals surface area (Å²) in [7, 11) is -1.61. The minimum atomic E-state index is -1.61. The van der Waals surface area contributed by atoms with E-state index in [4.69, 9.17) is 10.0 Å². The lowest BCUT2D eigenvalue weighted by Crippen LogP contribution is -2.31. The Kier molecular flexibility index (Phi) is 4.05. The van der Waals surface area contributed by atoms with Gasteiger partial charge in [0.05, 0.1) is 0 Å². The van der Waals surface area contributed by atoms with Crippen molar-refractivity contribution in [2.45, 2.75) is 20.4 Å². The van der Waals surface area contributed by atoms with Crippen LogP contribution in [0.5, 0.6) is 0 Å². The van der Waals surface area contributed by atoms with Crippen molar-refractivity contribution in [3.8, 4) is 0 Å². The van der Waals surface area contributed by atoms with Gasteiger partial charge in [-0.05, 0) is 35.0 Å². The van der Waals surface area contributed by atoms with Crippen LogP contribution in [0.25, 0.3) is 0 Å². The van der Waals surface area contributed by atoms with Crippen LogP contribution < -0.4 is 5.46 Å². The molecule has 5 heteroatoms. The van der Waals surface area contributed by atoms with E-state index in [-0.39, 0.29) is 5.46 Å². The first-order valence-corrected chi connectivity index (χ1v) is 6.33. The quantitative estimate of drug-likeness (QED) is 0.773. The number of benzene rings is 1. The van der Waals surface area contributed by atoms with E-state index >= 15 is 0 Å². The lowest BCUT2D eigenvalue weighted by Gasteiger charge is -2.16. The Morgan fingerprint density at radius 3 is 2.39 bits per heavy atom. The molecule has 98 valence electrons. The van der Waals surface area contributed by atoms with Crippen LogP contribution in [0.15, 0.2) is 18.2 Å². The molecule has 1 aromatic rings. The molecule has 2 rings (SSSR count).